The minimum absolute atomic E-state index is 0.330. The van der Waals surface area contributed by atoms with E-state index in [2.05, 4.69) is 20.8 Å². The van der Waals surface area contributed by atoms with Crippen LogP contribution in [0.4, 0.5) is 9.93 Å². The van der Waals surface area contributed by atoms with Crippen LogP contribution in [0.1, 0.15) is 6.42 Å². The maximum Gasteiger partial charge on any atom is 0.326 e. The highest BCUT2D eigenvalue weighted by molar-refractivity contribution is 7.98. The molecule has 9 heteroatoms. The Bertz CT molecular complexity index is 371. The molecule has 0 aliphatic rings. The summed E-state index contributed by atoms with van der Waals surface area (Å²) >= 11 is 2.68. The molecule has 0 bridgehead atoms. The highest BCUT2D eigenvalue weighted by atomic mass is 32.2. The zero-order valence-corrected chi connectivity index (χ0v) is 10.7. The van der Waals surface area contributed by atoms with Gasteiger partial charge in [0.1, 0.15) is 11.6 Å². The quantitative estimate of drug-likeness (QED) is 0.712. The van der Waals surface area contributed by atoms with Gasteiger partial charge >= 0.3 is 12.0 Å². The van der Waals surface area contributed by atoms with Gasteiger partial charge in [-0.15, -0.1) is 10.2 Å². The predicted molar refractivity (Wildman–Crippen MR) is 66.5 cm³/mol. The maximum absolute atomic E-state index is 11.4. The molecule has 0 saturated carbocycles. The topological polar surface area (TPSA) is 104 Å². The summed E-state index contributed by atoms with van der Waals surface area (Å²) in [7, 11) is 0. The summed E-state index contributed by atoms with van der Waals surface area (Å²) in [6.07, 6.45) is 2.25. The molecule has 0 radical (unpaired) electrons. The fourth-order valence-corrected chi connectivity index (χ4v) is 1.92. The maximum atomic E-state index is 11.4. The summed E-state index contributed by atoms with van der Waals surface area (Å²) < 4.78 is 0. The molecule has 7 nitrogen and oxygen atoms in total. The number of nitrogens with zero attached hydrogens (tertiary/aromatic N) is 2. The molecular weight excluding hydrogens is 264 g/mol. The van der Waals surface area contributed by atoms with Crippen LogP contribution in [0.3, 0.4) is 0 Å². The van der Waals surface area contributed by atoms with Crippen molar-refractivity contribution < 1.29 is 14.7 Å². The van der Waals surface area contributed by atoms with Crippen LogP contribution in [-0.4, -0.2) is 45.4 Å². The largest absolute Gasteiger partial charge is 0.480 e. The number of hydrogen-bond donors (Lipinski definition) is 3. The minimum Gasteiger partial charge on any atom is -0.480 e. The molecule has 1 atom stereocenters. The van der Waals surface area contributed by atoms with Gasteiger partial charge in [0, 0.05) is 0 Å². The van der Waals surface area contributed by atoms with Gasteiger partial charge in [-0.2, -0.15) is 11.8 Å². The van der Waals surface area contributed by atoms with Crippen LogP contribution in [0.2, 0.25) is 0 Å². The summed E-state index contributed by atoms with van der Waals surface area (Å²) in [6.45, 7) is 0. The van der Waals surface area contributed by atoms with E-state index in [0.29, 0.717) is 17.3 Å². The van der Waals surface area contributed by atoms with E-state index in [-0.39, 0.29) is 0 Å². The van der Waals surface area contributed by atoms with Gasteiger partial charge in [-0.3, -0.25) is 5.32 Å². The average molecular weight is 276 g/mol. The molecule has 1 rings (SSSR count). The van der Waals surface area contributed by atoms with Crippen LogP contribution in [0.15, 0.2) is 5.51 Å². The van der Waals surface area contributed by atoms with Gasteiger partial charge in [0.25, 0.3) is 0 Å². The van der Waals surface area contributed by atoms with Crippen LogP contribution < -0.4 is 10.6 Å². The van der Waals surface area contributed by atoms with Crippen LogP contribution in [0.5, 0.6) is 0 Å². The van der Waals surface area contributed by atoms with E-state index < -0.39 is 18.0 Å². The fourth-order valence-electron chi connectivity index (χ4n) is 1.01. The van der Waals surface area contributed by atoms with Gasteiger partial charge < -0.3 is 10.4 Å². The molecule has 0 spiro atoms. The van der Waals surface area contributed by atoms with Crippen molar-refractivity contribution in [3.63, 3.8) is 0 Å². The molecule has 0 aliphatic carbocycles. The number of aromatic nitrogens is 2. The normalized spacial score (nSPS) is 11.8. The Morgan fingerprint density at radius 3 is 2.94 bits per heavy atom. The van der Waals surface area contributed by atoms with E-state index in [1.54, 1.807) is 0 Å². The van der Waals surface area contributed by atoms with Crippen molar-refractivity contribution >= 4 is 40.2 Å². The number of nitrogens with one attached hydrogen (secondary N) is 2. The van der Waals surface area contributed by atoms with Crippen LogP contribution in [0.25, 0.3) is 0 Å². The molecule has 1 aromatic heterocycles. The second-order valence-electron chi connectivity index (χ2n) is 3.01. The second kappa shape index (κ2) is 7.07. The summed E-state index contributed by atoms with van der Waals surface area (Å²) in [4.78, 5) is 22.3. The molecular formula is C8H12N4O3S2. The number of anilines is 1. The number of carbonyl (C=O) groups excluding carboxylic acids is 1. The van der Waals surface area contributed by atoms with Crippen molar-refractivity contribution in [3.05, 3.63) is 5.51 Å². The smallest absolute Gasteiger partial charge is 0.326 e. The van der Waals surface area contributed by atoms with Crippen molar-refractivity contribution in [1.82, 2.24) is 15.5 Å². The zero-order valence-electron chi connectivity index (χ0n) is 9.04. The van der Waals surface area contributed by atoms with E-state index in [1.165, 1.54) is 17.3 Å². The highest BCUT2D eigenvalue weighted by Gasteiger charge is 2.19. The first-order valence-corrected chi connectivity index (χ1v) is 6.96. The second-order valence-corrected chi connectivity index (χ2v) is 4.83. The first kappa shape index (κ1) is 13.7. The van der Waals surface area contributed by atoms with Crippen molar-refractivity contribution in [1.29, 1.82) is 0 Å². The first-order valence-electron chi connectivity index (χ1n) is 4.69. The Morgan fingerprint density at radius 1 is 1.65 bits per heavy atom. The molecule has 0 unspecified atom stereocenters. The number of rotatable bonds is 6. The standard InChI is InChI=1S/C8H12N4O3S2/c1-16-3-2-5(6(13)14)10-7(15)11-8-12-9-4-17-8/h4-5H,2-3H2,1H3,(H,13,14)(H2,10,11,12,15)/t5-/m0/s1. The zero-order chi connectivity index (χ0) is 12.7. The minimum atomic E-state index is -1.05. The number of hydrogen-bond acceptors (Lipinski definition) is 6. The molecule has 2 amide bonds. The van der Waals surface area contributed by atoms with Crippen LogP contribution in [0, 0.1) is 0 Å². The Morgan fingerprint density at radius 2 is 2.41 bits per heavy atom. The molecule has 94 valence electrons. The van der Waals surface area contributed by atoms with Gasteiger partial charge in [0.2, 0.25) is 5.13 Å². The summed E-state index contributed by atoms with van der Waals surface area (Å²) in [5, 5.41) is 21.2. The molecule has 0 aliphatic heterocycles. The van der Waals surface area contributed by atoms with Gasteiger partial charge in [0.15, 0.2) is 0 Å². The lowest BCUT2D eigenvalue weighted by Crippen LogP contribution is -2.43. The lowest BCUT2D eigenvalue weighted by Gasteiger charge is -2.13. The van der Waals surface area contributed by atoms with E-state index in [0.717, 1.165) is 11.3 Å². The average Bonchev–Trinajstić information content (AvgIpc) is 2.76. The summed E-state index contributed by atoms with van der Waals surface area (Å²) in [6, 6.07) is -1.48. The van der Waals surface area contributed by atoms with Crippen molar-refractivity contribution in [3.8, 4) is 0 Å². The lowest BCUT2D eigenvalue weighted by molar-refractivity contribution is -0.139. The van der Waals surface area contributed by atoms with Crippen LogP contribution >= 0.6 is 23.1 Å². The SMILES string of the molecule is CSCC[C@H](NC(=O)Nc1nncs1)C(=O)O. The van der Waals surface area contributed by atoms with Crippen molar-refractivity contribution in [2.45, 2.75) is 12.5 Å². The van der Waals surface area contributed by atoms with Gasteiger partial charge in [0.05, 0.1) is 0 Å². The number of amides is 2. The lowest BCUT2D eigenvalue weighted by atomic mass is 10.2. The third kappa shape index (κ3) is 5.00. The molecule has 1 heterocycles. The van der Waals surface area contributed by atoms with E-state index >= 15 is 0 Å². The van der Waals surface area contributed by atoms with Crippen LogP contribution in [-0.2, 0) is 4.79 Å². The van der Waals surface area contributed by atoms with E-state index in [4.69, 9.17) is 5.11 Å². The highest BCUT2D eigenvalue weighted by Crippen LogP contribution is 2.08. The number of urea groups is 1. The molecule has 0 aromatic carbocycles. The Kier molecular flexibility index (Phi) is 5.70. The Labute approximate surface area is 106 Å². The van der Waals surface area contributed by atoms with E-state index in [9.17, 15) is 9.59 Å². The third-order valence-corrected chi connectivity index (χ3v) is 3.05. The molecule has 0 fully saturated rings. The van der Waals surface area contributed by atoms with Gasteiger partial charge in [-0.05, 0) is 18.4 Å². The fraction of sp³-hybridized carbons (Fsp3) is 0.500. The number of carboxylic acids is 1. The number of thioether (sulfide) groups is 1. The Balaban J connectivity index is 2.43. The molecule has 0 saturated heterocycles. The third-order valence-electron chi connectivity index (χ3n) is 1.79. The molecule has 1 aromatic rings. The molecule has 3 N–H and O–H groups in total. The van der Waals surface area contributed by atoms with Crippen molar-refractivity contribution in [2.24, 2.45) is 0 Å². The van der Waals surface area contributed by atoms with E-state index in [1.807, 2.05) is 6.26 Å². The number of carboxylic acid groups (broad SMARTS) is 1. The monoisotopic (exact) mass is 276 g/mol. The van der Waals surface area contributed by atoms with Gasteiger partial charge in [-0.25, -0.2) is 9.59 Å². The van der Waals surface area contributed by atoms with Crippen molar-refractivity contribution in [2.75, 3.05) is 17.3 Å². The number of aliphatic carboxylic acids is 1. The molecule has 17 heavy (non-hydrogen) atoms. The predicted octanol–water partition coefficient (Wildman–Crippen LogP) is 0.866. The summed E-state index contributed by atoms with van der Waals surface area (Å²) in [5.74, 6) is -0.387. The Hall–Kier alpha value is -1.35. The number of carbonyl (C=O) groups is 2. The first-order chi connectivity index (χ1) is 8.13. The van der Waals surface area contributed by atoms with Gasteiger partial charge in [-0.1, -0.05) is 11.3 Å². The summed E-state index contributed by atoms with van der Waals surface area (Å²) in [5.41, 5.74) is 1.47.